The summed E-state index contributed by atoms with van der Waals surface area (Å²) in [6, 6.07) is 12.1. The van der Waals surface area contributed by atoms with E-state index in [9.17, 15) is 4.79 Å². The molecule has 2 saturated heterocycles. The average molecular weight is 341 g/mol. The van der Waals surface area contributed by atoms with Gasteiger partial charge in [0.15, 0.2) is 0 Å². The fourth-order valence-corrected chi connectivity index (χ4v) is 4.03. The summed E-state index contributed by atoms with van der Waals surface area (Å²) in [4.78, 5) is 14.9. The van der Waals surface area contributed by atoms with Crippen molar-refractivity contribution in [2.75, 3.05) is 14.2 Å². The zero-order chi connectivity index (χ0) is 17.4. The molecule has 3 heterocycles. The van der Waals surface area contributed by atoms with Crippen molar-refractivity contribution in [3.63, 3.8) is 0 Å². The van der Waals surface area contributed by atoms with Crippen molar-refractivity contribution < 1.29 is 18.7 Å². The molecular weight excluding hydrogens is 318 g/mol. The van der Waals surface area contributed by atoms with Crippen LogP contribution in [-0.2, 0) is 4.74 Å². The Morgan fingerprint density at radius 1 is 1.08 bits per heavy atom. The second-order valence-electron chi connectivity index (χ2n) is 6.94. The Bertz CT molecular complexity index is 737. The monoisotopic (exact) mass is 341 g/mol. The summed E-state index contributed by atoms with van der Waals surface area (Å²) in [5.41, 5.74) is 0.900. The molecule has 2 atom stereocenters. The maximum absolute atomic E-state index is 12.4. The number of esters is 1. The van der Waals surface area contributed by atoms with Gasteiger partial charge in [-0.05, 0) is 56.3 Å². The largest absolute Gasteiger partial charge is 0.497 e. The Morgan fingerprint density at radius 2 is 1.76 bits per heavy atom. The van der Waals surface area contributed by atoms with Crippen molar-refractivity contribution >= 4 is 5.97 Å². The molecule has 0 radical (unpaired) electrons. The minimum absolute atomic E-state index is 0.00395. The van der Waals surface area contributed by atoms with E-state index in [4.69, 9.17) is 13.9 Å². The van der Waals surface area contributed by atoms with Crippen molar-refractivity contribution in [1.82, 2.24) is 4.90 Å². The van der Waals surface area contributed by atoms with Gasteiger partial charge >= 0.3 is 5.97 Å². The first kappa shape index (κ1) is 16.2. The first-order valence-corrected chi connectivity index (χ1v) is 8.81. The van der Waals surface area contributed by atoms with E-state index in [1.165, 1.54) is 12.8 Å². The van der Waals surface area contributed by atoms with Gasteiger partial charge in [0.25, 0.3) is 0 Å². The van der Waals surface area contributed by atoms with E-state index in [-0.39, 0.29) is 17.8 Å². The Morgan fingerprint density at radius 3 is 2.40 bits per heavy atom. The minimum atomic E-state index is -0.367. The van der Waals surface area contributed by atoms with E-state index in [0.29, 0.717) is 17.8 Å². The van der Waals surface area contributed by atoms with Crippen LogP contribution in [0.25, 0.3) is 11.3 Å². The lowest BCUT2D eigenvalue weighted by molar-refractivity contribution is -0.00306. The lowest BCUT2D eigenvalue weighted by Gasteiger charge is -2.35. The molecule has 2 fully saturated rings. The van der Waals surface area contributed by atoms with Gasteiger partial charge < -0.3 is 18.8 Å². The van der Waals surface area contributed by atoms with E-state index >= 15 is 0 Å². The van der Waals surface area contributed by atoms with Crippen LogP contribution in [0.1, 0.15) is 36.2 Å². The first-order chi connectivity index (χ1) is 12.1. The second-order valence-corrected chi connectivity index (χ2v) is 6.94. The van der Waals surface area contributed by atoms with E-state index < -0.39 is 0 Å². The molecule has 0 aliphatic carbocycles. The maximum Gasteiger partial charge on any atom is 0.374 e. The molecule has 2 aliphatic heterocycles. The van der Waals surface area contributed by atoms with Crippen LogP contribution in [0.5, 0.6) is 5.75 Å². The van der Waals surface area contributed by atoms with Crippen LogP contribution < -0.4 is 4.74 Å². The Balaban J connectivity index is 1.42. The summed E-state index contributed by atoms with van der Waals surface area (Å²) in [7, 11) is 3.80. The predicted octanol–water partition coefficient (Wildman–Crippen LogP) is 3.74. The number of rotatable bonds is 4. The van der Waals surface area contributed by atoms with Crippen LogP contribution in [0.2, 0.25) is 0 Å². The minimum Gasteiger partial charge on any atom is -0.497 e. The summed E-state index contributed by atoms with van der Waals surface area (Å²) in [5, 5.41) is 0. The summed E-state index contributed by atoms with van der Waals surface area (Å²) in [6.45, 7) is 0. The van der Waals surface area contributed by atoms with Crippen LogP contribution in [0.4, 0.5) is 0 Å². The molecule has 1 aromatic heterocycles. The van der Waals surface area contributed by atoms with Crippen LogP contribution in [0, 0.1) is 0 Å². The molecule has 5 nitrogen and oxygen atoms in total. The number of carbonyl (C=O) groups excluding carboxylic acids is 1. The molecule has 1 aromatic carbocycles. The van der Waals surface area contributed by atoms with Gasteiger partial charge in [0.1, 0.15) is 17.6 Å². The number of methoxy groups -OCH3 is 1. The Kier molecular flexibility index (Phi) is 4.25. The summed E-state index contributed by atoms with van der Waals surface area (Å²) < 4.78 is 16.6. The van der Waals surface area contributed by atoms with E-state index in [1.807, 2.05) is 24.3 Å². The van der Waals surface area contributed by atoms with E-state index in [1.54, 1.807) is 19.2 Å². The molecule has 2 aromatic rings. The van der Waals surface area contributed by atoms with Crippen molar-refractivity contribution in [1.29, 1.82) is 0 Å². The van der Waals surface area contributed by atoms with Crippen molar-refractivity contribution in [2.24, 2.45) is 0 Å². The van der Waals surface area contributed by atoms with Crippen molar-refractivity contribution in [2.45, 2.75) is 43.9 Å². The Labute approximate surface area is 147 Å². The number of piperidine rings is 1. The molecule has 2 bridgehead atoms. The SMILES string of the molecule is COc1ccc(-c2ccc(C(=O)OC3CC4CCC(C3)N4C)o2)cc1. The topological polar surface area (TPSA) is 51.9 Å². The summed E-state index contributed by atoms with van der Waals surface area (Å²) >= 11 is 0. The van der Waals surface area contributed by atoms with Gasteiger partial charge in [0.2, 0.25) is 5.76 Å². The normalized spacial score (nSPS) is 25.8. The van der Waals surface area contributed by atoms with Crippen LogP contribution in [0.15, 0.2) is 40.8 Å². The zero-order valence-corrected chi connectivity index (χ0v) is 14.6. The third-order valence-electron chi connectivity index (χ3n) is 5.51. The fourth-order valence-electron chi connectivity index (χ4n) is 4.03. The first-order valence-electron chi connectivity index (χ1n) is 8.81. The summed E-state index contributed by atoms with van der Waals surface area (Å²) in [5.74, 6) is 1.33. The number of benzene rings is 1. The smallest absolute Gasteiger partial charge is 0.374 e. The molecule has 4 rings (SSSR count). The number of hydrogen-bond donors (Lipinski definition) is 0. The molecule has 2 aliphatic rings. The molecule has 132 valence electrons. The summed E-state index contributed by atoms with van der Waals surface area (Å²) in [6.07, 6.45) is 4.25. The lowest BCUT2D eigenvalue weighted by Crippen LogP contribution is -2.43. The quantitative estimate of drug-likeness (QED) is 0.793. The van der Waals surface area contributed by atoms with Gasteiger partial charge in [0, 0.05) is 30.5 Å². The lowest BCUT2D eigenvalue weighted by atomic mass is 10.0. The molecule has 2 unspecified atom stereocenters. The zero-order valence-electron chi connectivity index (χ0n) is 14.6. The van der Waals surface area contributed by atoms with Gasteiger partial charge in [-0.3, -0.25) is 0 Å². The highest BCUT2D eigenvalue weighted by atomic mass is 16.6. The van der Waals surface area contributed by atoms with Crippen LogP contribution in [-0.4, -0.2) is 43.2 Å². The molecule has 0 amide bonds. The number of fused-ring (bicyclic) bond motifs is 2. The number of hydrogen-bond acceptors (Lipinski definition) is 5. The number of ether oxygens (including phenoxy) is 2. The van der Waals surface area contributed by atoms with E-state index in [2.05, 4.69) is 11.9 Å². The van der Waals surface area contributed by atoms with Gasteiger partial charge in [-0.25, -0.2) is 4.79 Å². The third kappa shape index (κ3) is 3.16. The van der Waals surface area contributed by atoms with Crippen LogP contribution in [0.3, 0.4) is 0 Å². The van der Waals surface area contributed by atoms with Gasteiger partial charge in [-0.1, -0.05) is 0 Å². The molecule has 5 heteroatoms. The van der Waals surface area contributed by atoms with E-state index in [0.717, 1.165) is 24.2 Å². The maximum atomic E-state index is 12.4. The highest BCUT2D eigenvalue weighted by Gasteiger charge is 2.40. The molecule has 0 saturated carbocycles. The highest BCUT2D eigenvalue weighted by Crippen LogP contribution is 2.36. The van der Waals surface area contributed by atoms with Crippen molar-refractivity contribution in [3.05, 3.63) is 42.2 Å². The number of carbonyl (C=O) groups is 1. The second kappa shape index (κ2) is 6.56. The highest BCUT2D eigenvalue weighted by molar-refractivity contribution is 5.87. The standard InChI is InChI=1S/C20H23NO4/c1-21-14-5-6-15(21)12-17(11-14)24-20(22)19-10-9-18(25-19)13-3-7-16(23-2)8-4-13/h3-4,7-10,14-15,17H,5-6,11-12H2,1-2H3. The number of furan rings is 1. The van der Waals surface area contributed by atoms with Gasteiger partial charge in [0.05, 0.1) is 7.11 Å². The van der Waals surface area contributed by atoms with Gasteiger partial charge in [-0.15, -0.1) is 0 Å². The van der Waals surface area contributed by atoms with Gasteiger partial charge in [-0.2, -0.15) is 0 Å². The third-order valence-corrected chi connectivity index (χ3v) is 5.51. The fraction of sp³-hybridized carbons (Fsp3) is 0.450. The molecule has 0 N–H and O–H groups in total. The molecular formula is C20H23NO4. The number of nitrogens with zero attached hydrogens (tertiary/aromatic N) is 1. The molecule has 25 heavy (non-hydrogen) atoms. The average Bonchev–Trinajstić information content (AvgIpc) is 3.18. The van der Waals surface area contributed by atoms with Crippen molar-refractivity contribution in [3.8, 4) is 17.1 Å². The Hall–Kier alpha value is -2.27. The van der Waals surface area contributed by atoms with Crippen LogP contribution >= 0.6 is 0 Å². The predicted molar refractivity (Wildman–Crippen MR) is 93.7 cm³/mol. The molecule has 0 spiro atoms.